The maximum Gasteiger partial charge on any atom is 0.347 e. The molecule has 14 nitrogen and oxygen atoms in total. The van der Waals surface area contributed by atoms with Crippen molar-refractivity contribution in [1.82, 2.24) is 5.32 Å². The van der Waals surface area contributed by atoms with Crippen LogP contribution in [0.15, 0.2) is 24.3 Å². The van der Waals surface area contributed by atoms with Crippen molar-refractivity contribution < 1.29 is 55.2 Å². The highest BCUT2D eigenvalue weighted by atomic mass is 32.2. The maximum absolute atomic E-state index is 11.9. The molecular weight excluding hydrogens is 524 g/mol. The number of aliphatic carboxylic acids is 1. The molecule has 0 aliphatic rings. The number of benzene rings is 1. The number of nitrogens with two attached hydrogens (primary N) is 1. The van der Waals surface area contributed by atoms with Gasteiger partial charge in [-0.2, -0.15) is 14.3 Å². The largest absolute Gasteiger partial charge is 0.481 e. The number of amides is 1. The lowest BCUT2D eigenvalue weighted by Gasteiger charge is -2.14. The van der Waals surface area contributed by atoms with Gasteiger partial charge in [0.05, 0.1) is 44.4 Å². The molecule has 0 fully saturated rings. The second kappa shape index (κ2) is 16.9. The Balaban J connectivity index is 0.000000700. The van der Waals surface area contributed by atoms with Crippen LogP contribution in [0.2, 0.25) is 0 Å². The molecule has 0 saturated heterocycles. The molecule has 36 heavy (non-hydrogen) atoms. The standard InChI is InChI=1S/C13H16N2O5.C7H16O7S2/c1-2-8-3-5-9(6-4-8)12(18)15-10(7-11(16)17)13(19)20-14;1-15(8,9)6-4-13-2-3-14-5-7-16(10,11)12/h3-6,10H,2,7,14H2,1H3,(H,15,18)(H,16,17);2-7H2,1H3,(H,10,11,12). The summed E-state index contributed by atoms with van der Waals surface area (Å²) in [4.78, 5) is 37.8. The number of aryl methyl sites for hydroxylation is 1. The lowest BCUT2D eigenvalue weighted by molar-refractivity contribution is -0.150. The SMILES string of the molecule is CCc1ccc(C(=O)NC(CC(=O)O)C(=O)ON)cc1.CS(=O)(=O)CCOCCOCCS(=O)(=O)O. The predicted molar refractivity (Wildman–Crippen MR) is 127 cm³/mol. The Kier molecular flexibility index (Phi) is 15.7. The van der Waals surface area contributed by atoms with Crippen LogP contribution in [0.4, 0.5) is 0 Å². The first-order valence-corrected chi connectivity index (χ1v) is 14.2. The van der Waals surface area contributed by atoms with E-state index in [2.05, 4.69) is 10.2 Å². The van der Waals surface area contributed by atoms with Crippen molar-refractivity contribution in [2.75, 3.05) is 44.2 Å². The van der Waals surface area contributed by atoms with E-state index in [1.54, 1.807) is 24.3 Å². The highest BCUT2D eigenvalue weighted by Gasteiger charge is 2.25. The Labute approximate surface area is 209 Å². The number of ether oxygens (including phenoxy) is 2. The highest BCUT2D eigenvalue weighted by Crippen LogP contribution is 2.06. The van der Waals surface area contributed by atoms with Gasteiger partial charge in [-0.3, -0.25) is 14.1 Å². The Bertz CT molecular complexity index is 1000. The third-order valence-corrected chi connectivity index (χ3v) is 5.76. The maximum atomic E-state index is 11.9. The number of carbonyl (C=O) groups excluding carboxylic acids is 2. The molecule has 0 aliphatic carbocycles. The summed E-state index contributed by atoms with van der Waals surface area (Å²) < 4.78 is 59.9. The first-order valence-electron chi connectivity index (χ1n) is 10.5. The van der Waals surface area contributed by atoms with Gasteiger partial charge < -0.3 is 24.7 Å². The Morgan fingerprint density at radius 3 is 1.92 bits per heavy atom. The van der Waals surface area contributed by atoms with Crippen LogP contribution in [-0.4, -0.2) is 94.6 Å². The minimum Gasteiger partial charge on any atom is -0.481 e. The van der Waals surface area contributed by atoms with Crippen LogP contribution in [0.1, 0.15) is 29.3 Å². The summed E-state index contributed by atoms with van der Waals surface area (Å²) in [7, 11) is -7.01. The number of sulfone groups is 1. The normalized spacial score (nSPS) is 12.1. The van der Waals surface area contributed by atoms with Crippen molar-refractivity contribution in [3.63, 3.8) is 0 Å². The molecule has 1 atom stereocenters. The molecule has 1 amide bonds. The molecule has 0 heterocycles. The average molecular weight is 557 g/mol. The van der Waals surface area contributed by atoms with E-state index >= 15 is 0 Å². The molecule has 0 spiro atoms. The summed E-state index contributed by atoms with van der Waals surface area (Å²) in [5.41, 5.74) is 1.38. The molecule has 0 saturated carbocycles. The minimum absolute atomic E-state index is 0.0575. The number of hydrogen-bond donors (Lipinski definition) is 4. The zero-order chi connectivity index (χ0) is 27.8. The summed E-state index contributed by atoms with van der Waals surface area (Å²) in [5, 5.41) is 11.0. The van der Waals surface area contributed by atoms with Crippen molar-refractivity contribution >= 4 is 37.8 Å². The van der Waals surface area contributed by atoms with Crippen LogP contribution < -0.4 is 11.2 Å². The molecular formula is C20H32N2O12S2. The first-order chi connectivity index (χ1) is 16.7. The Hall–Kier alpha value is -2.63. The quantitative estimate of drug-likeness (QED) is 0.118. The van der Waals surface area contributed by atoms with E-state index in [1.165, 1.54) is 0 Å². The molecule has 1 rings (SSSR count). The molecule has 1 unspecified atom stereocenters. The van der Waals surface area contributed by atoms with Crippen molar-refractivity contribution in [3.05, 3.63) is 35.4 Å². The lowest BCUT2D eigenvalue weighted by atomic mass is 10.1. The Morgan fingerprint density at radius 1 is 0.972 bits per heavy atom. The van der Waals surface area contributed by atoms with Gasteiger partial charge in [0.2, 0.25) is 0 Å². The van der Waals surface area contributed by atoms with Gasteiger partial charge in [-0.25, -0.2) is 13.2 Å². The second-order valence-corrected chi connectivity index (χ2v) is 11.1. The fraction of sp³-hybridized carbons (Fsp3) is 0.550. The third kappa shape index (κ3) is 17.8. The number of nitrogens with one attached hydrogen (secondary N) is 1. The van der Waals surface area contributed by atoms with Gasteiger partial charge in [-0.1, -0.05) is 19.1 Å². The van der Waals surface area contributed by atoms with Gasteiger partial charge in [0.1, 0.15) is 15.9 Å². The molecule has 16 heteroatoms. The molecule has 5 N–H and O–H groups in total. The second-order valence-electron chi connectivity index (χ2n) is 7.25. The van der Waals surface area contributed by atoms with Crippen LogP contribution in [0.3, 0.4) is 0 Å². The fourth-order valence-electron chi connectivity index (χ4n) is 2.28. The van der Waals surface area contributed by atoms with Crippen molar-refractivity contribution in [3.8, 4) is 0 Å². The molecule has 1 aromatic carbocycles. The summed E-state index contributed by atoms with van der Waals surface area (Å²) in [6, 6.07) is 5.43. The van der Waals surface area contributed by atoms with Gasteiger partial charge in [-0.15, -0.1) is 0 Å². The zero-order valence-corrected chi connectivity index (χ0v) is 21.5. The number of carboxylic acids is 1. The summed E-state index contributed by atoms with van der Waals surface area (Å²) in [5.74, 6) is 1.37. The lowest BCUT2D eigenvalue weighted by Crippen LogP contribution is -2.44. The van der Waals surface area contributed by atoms with Gasteiger partial charge in [-0.05, 0) is 24.1 Å². The van der Waals surface area contributed by atoms with Crippen molar-refractivity contribution in [2.45, 2.75) is 25.8 Å². The third-order valence-electron chi connectivity index (χ3n) is 4.17. The summed E-state index contributed by atoms with van der Waals surface area (Å²) >= 11 is 0. The monoisotopic (exact) mass is 556 g/mol. The molecule has 0 aliphatic heterocycles. The number of carbonyl (C=O) groups is 3. The van der Waals surface area contributed by atoms with E-state index in [4.69, 9.17) is 25.0 Å². The molecule has 206 valence electrons. The predicted octanol–water partition coefficient (Wildman–Crippen LogP) is -0.809. The average Bonchev–Trinajstić information content (AvgIpc) is 2.78. The van der Waals surface area contributed by atoms with E-state index in [9.17, 15) is 31.2 Å². The minimum atomic E-state index is -3.99. The van der Waals surface area contributed by atoms with Crippen LogP contribution in [0.5, 0.6) is 0 Å². The fourth-order valence-corrected chi connectivity index (χ4v) is 3.03. The molecule has 0 aromatic heterocycles. The van der Waals surface area contributed by atoms with Gasteiger partial charge in [0.15, 0.2) is 0 Å². The van der Waals surface area contributed by atoms with Crippen molar-refractivity contribution in [2.24, 2.45) is 5.90 Å². The van der Waals surface area contributed by atoms with Crippen molar-refractivity contribution in [1.29, 1.82) is 0 Å². The van der Waals surface area contributed by atoms with Gasteiger partial charge in [0.25, 0.3) is 16.0 Å². The number of rotatable bonds is 15. The summed E-state index contributed by atoms with van der Waals surface area (Å²) in [6.45, 7) is 2.28. The molecule has 0 radical (unpaired) electrons. The van der Waals surface area contributed by atoms with E-state index < -0.39 is 56.0 Å². The van der Waals surface area contributed by atoms with E-state index in [-0.39, 0.29) is 32.2 Å². The number of carboxylic acid groups (broad SMARTS) is 1. The van der Waals surface area contributed by atoms with E-state index in [1.807, 2.05) is 6.92 Å². The van der Waals surface area contributed by atoms with Crippen LogP contribution in [0.25, 0.3) is 0 Å². The Morgan fingerprint density at radius 2 is 1.50 bits per heavy atom. The first kappa shape index (κ1) is 33.4. The van der Waals surface area contributed by atoms with Crippen LogP contribution in [0, 0.1) is 0 Å². The van der Waals surface area contributed by atoms with E-state index in [0.717, 1.165) is 18.2 Å². The van der Waals surface area contributed by atoms with Gasteiger partial charge >= 0.3 is 11.9 Å². The molecule has 1 aromatic rings. The van der Waals surface area contributed by atoms with Gasteiger partial charge in [0, 0.05) is 11.8 Å². The topological polar surface area (TPSA) is 226 Å². The zero-order valence-electron chi connectivity index (χ0n) is 19.9. The number of hydrogen-bond acceptors (Lipinski definition) is 11. The smallest absolute Gasteiger partial charge is 0.347 e. The van der Waals surface area contributed by atoms with Crippen LogP contribution >= 0.6 is 0 Å². The molecule has 0 bridgehead atoms. The van der Waals surface area contributed by atoms with Crippen LogP contribution in [-0.2, 0) is 50.3 Å². The highest BCUT2D eigenvalue weighted by molar-refractivity contribution is 7.90. The summed E-state index contributed by atoms with van der Waals surface area (Å²) in [6.07, 6.45) is 1.34. The van der Waals surface area contributed by atoms with E-state index in [0.29, 0.717) is 5.56 Å².